The minimum Gasteiger partial charge on any atom is -0.0679 e. The van der Waals surface area contributed by atoms with Crippen LogP contribution in [0.3, 0.4) is 0 Å². The van der Waals surface area contributed by atoms with Gasteiger partial charge in [0, 0.05) is 11.1 Å². The Morgan fingerprint density at radius 2 is 0.755 bits per heavy atom. The predicted octanol–water partition coefficient (Wildman–Crippen LogP) is 14.3. The SMILES string of the molecule is CC1=Cc2c(CCCCCc3cccc4c3C=C(C)C4[Si](C)(C)C3C(C)=C(C)C(C)=C3C)cccc2C1[Si](C)(C)C1C(C)=C(C)C(C)=C1C. The molecule has 0 amide bonds. The molecule has 0 nitrogen and oxygen atoms in total. The highest BCUT2D eigenvalue weighted by Gasteiger charge is 2.48. The minimum absolute atomic E-state index is 0.603. The van der Waals surface area contributed by atoms with Gasteiger partial charge in [-0.15, -0.1) is 0 Å². The van der Waals surface area contributed by atoms with Crippen molar-refractivity contribution in [1.82, 2.24) is 0 Å². The van der Waals surface area contributed by atoms with Crippen LogP contribution >= 0.6 is 0 Å². The van der Waals surface area contributed by atoms with Crippen molar-refractivity contribution in [3.63, 3.8) is 0 Å². The molecule has 2 heteroatoms. The van der Waals surface area contributed by atoms with Gasteiger partial charge in [-0.05, 0) is 162 Å². The highest BCUT2D eigenvalue weighted by molar-refractivity contribution is 6.83. The highest BCUT2D eigenvalue weighted by Crippen LogP contribution is 2.56. The zero-order valence-electron chi connectivity index (χ0n) is 33.5. The van der Waals surface area contributed by atoms with Crippen LogP contribution in [0.2, 0.25) is 37.3 Å². The van der Waals surface area contributed by atoms with Crippen molar-refractivity contribution >= 4 is 28.3 Å². The first-order valence-electron chi connectivity index (χ1n) is 19.3. The van der Waals surface area contributed by atoms with Crippen molar-refractivity contribution in [2.75, 3.05) is 0 Å². The van der Waals surface area contributed by atoms with E-state index in [-0.39, 0.29) is 0 Å². The van der Waals surface area contributed by atoms with Gasteiger partial charge in [-0.25, -0.2) is 0 Å². The summed E-state index contributed by atoms with van der Waals surface area (Å²) in [5, 5.41) is 0. The number of hydrogen-bond acceptors (Lipinski definition) is 0. The molecule has 2 unspecified atom stereocenters. The van der Waals surface area contributed by atoms with Gasteiger partial charge in [0.05, 0.1) is 16.1 Å². The molecule has 0 aliphatic heterocycles. The number of benzene rings is 2. The first-order valence-corrected chi connectivity index (χ1v) is 25.6. The molecule has 49 heavy (non-hydrogen) atoms. The maximum Gasteiger partial charge on any atom is 0.0717 e. The summed E-state index contributed by atoms with van der Waals surface area (Å²) in [6.45, 7) is 34.5. The average Bonchev–Trinajstić information content (AvgIpc) is 3.70. The summed E-state index contributed by atoms with van der Waals surface area (Å²) < 4.78 is 0. The number of rotatable bonds is 10. The Bertz CT molecular complexity index is 1710. The molecule has 260 valence electrons. The zero-order chi connectivity index (χ0) is 35.7. The maximum absolute atomic E-state index is 2.66. The number of hydrogen-bond donors (Lipinski definition) is 0. The third-order valence-electron chi connectivity index (χ3n) is 14.3. The first-order chi connectivity index (χ1) is 23.0. The summed E-state index contributed by atoms with van der Waals surface area (Å²) in [5.74, 6) is 0. The molecule has 2 aromatic rings. The van der Waals surface area contributed by atoms with E-state index in [9.17, 15) is 0 Å². The molecule has 0 spiro atoms. The summed E-state index contributed by atoms with van der Waals surface area (Å²) >= 11 is 0. The summed E-state index contributed by atoms with van der Waals surface area (Å²) in [5.41, 5.74) is 27.9. The molecule has 0 bridgehead atoms. The Kier molecular flexibility index (Phi) is 9.68. The van der Waals surface area contributed by atoms with E-state index >= 15 is 0 Å². The second-order valence-corrected chi connectivity index (χ2v) is 27.4. The van der Waals surface area contributed by atoms with E-state index in [1.807, 2.05) is 0 Å². The molecule has 0 saturated heterocycles. The third kappa shape index (κ3) is 5.78. The van der Waals surface area contributed by atoms with Gasteiger partial charge in [0.1, 0.15) is 0 Å². The highest BCUT2D eigenvalue weighted by atomic mass is 28.3. The number of allylic oxidation sites excluding steroid dienone is 10. The summed E-state index contributed by atoms with van der Waals surface area (Å²) in [4.78, 5) is 0. The second kappa shape index (κ2) is 13.1. The van der Waals surface area contributed by atoms with Crippen LogP contribution in [-0.2, 0) is 12.8 Å². The lowest BCUT2D eigenvalue weighted by Gasteiger charge is -2.39. The Balaban J connectivity index is 1.13. The van der Waals surface area contributed by atoms with Gasteiger partial charge in [-0.1, -0.05) is 115 Å². The van der Waals surface area contributed by atoms with Crippen molar-refractivity contribution in [2.45, 2.75) is 150 Å². The molecule has 2 atom stereocenters. The van der Waals surface area contributed by atoms with Gasteiger partial charge in [0.15, 0.2) is 0 Å². The molecule has 0 heterocycles. The van der Waals surface area contributed by atoms with Crippen LogP contribution in [0, 0.1) is 0 Å². The minimum atomic E-state index is -1.71. The van der Waals surface area contributed by atoms with E-state index in [0.717, 1.165) is 0 Å². The molecular weight excluding hydrogens is 621 g/mol. The molecule has 0 N–H and O–H groups in total. The topological polar surface area (TPSA) is 0 Å². The van der Waals surface area contributed by atoms with Crippen LogP contribution in [0.25, 0.3) is 12.2 Å². The lowest BCUT2D eigenvalue weighted by atomic mass is 9.96. The molecular formula is C47H64Si2. The maximum atomic E-state index is 2.66. The van der Waals surface area contributed by atoms with Crippen LogP contribution in [0.1, 0.15) is 133 Å². The van der Waals surface area contributed by atoms with Crippen molar-refractivity contribution in [1.29, 1.82) is 0 Å². The molecule has 2 aromatic carbocycles. The van der Waals surface area contributed by atoms with E-state index in [4.69, 9.17) is 0 Å². The van der Waals surface area contributed by atoms with E-state index in [1.165, 1.54) is 32.1 Å². The van der Waals surface area contributed by atoms with Gasteiger partial charge in [0.25, 0.3) is 0 Å². The van der Waals surface area contributed by atoms with E-state index in [0.29, 0.717) is 22.2 Å². The van der Waals surface area contributed by atoms with Crippen LogP contribution in [0.4, 0.5) is 0 Å². The Labute approximate surface area is 302 Å². The van der Waals surface area contributed by atoms with Crippen molar-refractivity contribution in [3.05, 3.63) is 126 Å². The zero-order valence-corrected chi connectivity index (χ0v) is 35.5. The molecule has 0 radical (unpaired) electrons. The lowest BCUT2D eigenvalue weighted by Crippen LogP contribution is -2.41. The fraction of sp³-hybridized carbons (Fsp3) is 0.489. The van der Waals surface area contributed by atoms with Crippen LogP contribution in [0.15, 0.2) is 92.1 Å². The van der Waals surface area contributed by atoms with E-state index in [2.05, 4.69) is 144 Å². The average molecular weight is 685 g/mol. The van der Waals surface area contributed by atoms with Gasteiger partial charge in [-0.2, -0.15) is 0 Å². The van der Waals surface area contributed by atoms with Crippen molar-refractivity contribution in [3.8, 4) is 0 Å². The standard InChI is InChI=1S/C47H64Si2/c1-28-26-42-38(22-18-24-40(42)44(28)48(11,12)46-34(7)30(3)31(4)35(46)8)20-16-15-17-21-39-23-19-25-41-43(39)27-29(2)45(41)49(13,14)47-36(9)32(5)33(6)37(47)10/h18-19,22-27,44-47H,15-17,20-21H2,1-14H3. The Morgan fingerprint density at radius 1 is 0.429 bits per heavy atom. The second-order valence-electron chi connectivity index (χ2n) is 17.8. The van der Waals surface area contributed by atoms with Gasteiger partial charge < -0.3 is 0 Å². The molecule has 4 aliphatic rings. The van der Waals surface area contributed by atoms with Crippen molar-refractivity contribution in [2.24, 2.45) is 0 Å². The molecule has 0 fully saturated rings. The van der Waals surface area contributed by atoms with Gasteiger partial charge >= 0.3 is 0 Å². The smallest absolute Gasteiger partial charge is 0.0679 e. The van der Waals surface area contributed by atoms with E-state index in [1.54, 1.807) is 89.1 Å². The molecule has 4 aliphatic carbocycles. The summed E-state index contributed by atoms with van der Waals surface area (Å²) in [6, 6.07) is 14.5. The third-order valence-corrected chi connectivity index (χ3v) is 23.5. The van der Waals surface area contributed by atoms with Crippen LogP contribution < -0.4 is 0 Å². The molecule has 0 aromatic heterocycles. The Hall–Kier alpha value is -2.69. The fourth-order valence-electron chi connectivity index (χ4n) is 11.7. The number of unbranched alkanes of at least 4 members (excludes halogenated alkanes) is 2. The Morgan fingerprint density at radius 3 is 1.08 bits per heavy atom. The first kappa shape index (κ1) is 36.1. The number of aryl methyl sites for hydroxylation is 2. The monoisotopic (exact) mass is 684 g/mol. The quantitative estimate of drug-likeness (QED) is 0.173. The van der Waals surface area contributed by atoms with Gasteiger partial charge in [0.2, 0.25) is 0 Å². The fourth-order valence-corrected chi connectivity index (χ4v) is 22.3. The van der Waals surface area contributed by atoms with E-state index < -0.39 is 16.1 Å². The summed E-state index contributed by atoms with van der Waals surface area (Å²) in [6.07, 6.45) is 11.3. The normalized spacial score (nSPS) is 21.8. The van der Waals surface area contributed by atoms with Gasteiger partial charge in [-0.3, -0.25) is 0 Å². The predicted molar refractivity (Wildman–Crippen MR) is 223 cm³/mol. The van der Waals surface area contributed by atoms with Crippen molar-refractivity contribution < 1.29 is 0 Å². The summed E-state index contributed by atoms with van der Waals surface area (Å²) in [7, 11) is -3.42. The molecule has 0 saturated carbocycles. The molecule has 6 rings (SSSR count). The van der Waals surface area contributed by atoms with Crippen LogP contribution in [-0.4, -0.2) is 16.1 Å². The lowest BCUT2D eigenvalue weighted by molar-refractivity contribution is 0.677. The largest absolute Gasteiger partial charge is 0.0717 e. The van der Waals surface area contributed by atoms with Crippen LogP contribution in [0.5, 0.6) is 0 Å². The number of fused-ring (bicyclic) bond motifs is 2.